The van der Waals surface area contributed by atoms with Gasteiger partial charge in [-0.2, -0.15) is 0 Å². The van der Waals surface area contributed by atoms with E-state index in [-0.39, 0.29) is 16.9 Å². The van der Waals surface area contributed by atoms with Crippen LogP contribution in [0.25, 0.3) is 0 Å². The fourth-order valence-corrected chi connectivity index (χ4v) is 2.47. The van der Waals surface area contributed by atoms with Gasteiger partial charge in [0.1, 0.15) is 0 Å². The minimum absolute atomic E-state index is 0.0850. The van der Waals surface area contributed by atoms with Gasteiger partial charge in [-0.1, -0.05) is 12.1 Å². The number of carbonyl (C=O) groups is 1. The summed E-state index contributed by atoms with van der Waals surface area (Å²) in [6.45, 7) is 4.13. The molecule has 1 saturated carbocycles. The van der Waals surface area contributed by atoms with Crippen LogP contribution in [0.15, 0.2) is 24.3 Å². The molecule has 1 aliphatic carbocycles. The van der Waals surface area contributed by atoms with Crippen LogP contribution in [0.5, 0.6) is 0 Å². The number of carbonyl (C=O) groups excluding carboxylic acids is 1. The predicted octanol–water partition coefficient (Wildman–Crippen LogP) is 2.24. The van der Waals surface area contributed by atoms with Crippen LogP contribution in [0, 0.1) is 0 Å². The molecule has 1 aromatic carbocycles. The van der Waals surface area contributed by atoms with Gasteiger partial charge in [-0.25, -0.2) is 4.79 Å². The van der Waals surface area contributed by atoms with Gasteiger partial charge in [-0.05, 0) is 44.4 Å². The molecule has 0 saturated heterocycles. The zero-order valence-corrected chi connectivity index (χ0v) is 10.6. The number of hydrogen-bond donors (Lipinski definition) is 1. The third-order valence-electron chi connectivity index (χ3n) is 3.84. The van der Waals surface area contributed by atoms with Crippen LogP contribution in [0.4, 0.5) is 0 Å². The third-order valence-corrected chi connectivity index (χ3v) is 3.84. The van der Waals surface area contributed by atoms with Crippen LogP contribution in [-0.2, 0) is 10.2 Å². The number of hydrogen-bond acceptors (Lipinski definition) is 3. The smallest absolute Gasteiger partial charge is 0.337 e. The molecule has 0 aliphatic heterocycles. The van der Waals surface area contributed by atoms with Crippen LogP contribution >= 0.6 is 0 Å². The van der Waals surface area contributed by atoms with Crippen molar-refractivity contribution in [1.82, 2.24) is 0 Å². The Morgan fingerprint density at radius 1 is 1.29 bits per heavy atom. The summed E-state index contributed by atoms with van der Waals surface area (Å²) in [7, 11) is 1.39. The molecular weight excluding hydrogens is 214 g/mol. The first kappa shape index (κ1) is 12.1. The van der Waals surface area contributed by atoms with Crippen LogP contribution in [-0.4, -0.2) is 18.6 Å². The SMILES string of the molecule is COC(=O)c1ccc(C2(C(C)(C)N)CC2)cc1. The maximum absolute atomic E-state index is 11.3. The van der Waals surface area contributed by atoms with Gasteiger partial charge in [0.15, 0.2) is 0 Å². The minimum Gasteiger partial charge on any atom is -0.465 e. The fraction of sp³-hybridized carbons (Fsp3) is 0.500. The molecule has 3 heteroatoms. The highest BCUT2D eigenvalue weighted by atomic mass is 16.5. The quantitative estimate of drug-likeness (QED) is 0.815. The van der Waals surface area contributed by atoms with Crippen molar-refractivity contribution < 1.29 is 9.53 Å². The molecule has 0 bridgehead atoms. The minimum atomic E-state index is -0.298. The molecule has 0 amide bonds. The average Bonchev–Trinajstić information content (AvgIpc) is 3.08. The van der Waals surface area contributed by atoms with Gasteiger partial charge in [0.05, 0.1) is 12.7 Å². The van der Waals surface area contributed by atoms with E-state index < -0.39 is 0 Å². The first-order chi connectivity index (χ1) is 7.90. The van der Waals surface area contributed by atoms with E-state index in [4.69, 9.17) is 5.73 Å². The molecule has 0 atom stereocenters. The highest BCUT2D eigenvalue weighted by Crippen LogP contribution is 2.54. The Morgan fingerprint density at radius 2 is 1.82 bits per heavy atom. The summed E-state index contributed by atoms with van der Waals surface area (Å²) in [6, 6.07) is 7.61. The van der Waals surface area contributed by atoms with Crippen LogP contribution in [0.1, 0.15) is 42.6 Å². The van der Waals surface area contributed by atoms with Crippen molar-refractivity contribution in [2.24, 2.45) is 5.73 Å². The Kier molecular flexibility index (Phi) is 2.74. The molecule has 17 heavy (non-hydrogen) atoms. The van der Waals surface area contributed by atoms with Gasteiger partial charge >= 0.3 is 5.97 Å². The lowest BCUT2D eigenvalue weighted by atomic mass is 9.79. The van der Waals surface area contributed by atoms with Crippen molar-refractivity contribution in [3.05, 3.63) is 35.4 Å². The van der Waals surface area contributed by atoms with Gasteiger partial charge in [0.2, 0.25) is 0 Å². The summed E-state index contributed by atoms with van der Waals surface area (Å²) in [4.78, 5) is 11.3. The van der Waals surface area contributed by atoms with E-state index in [1.54, 1.807) is 0 Å². The van der Waals surface area contributed by atoms with Crippen LogP contribution in [0.3, 0.4) is 0 Å². The van der Waals surface area contributed by atoms with Crippen molar-refractivity contribution in [2.45, 2.75) is 37.6 Å². The molecule has 2 rings (SSSR count). The summed E-state index contributed by atoms with van der Waals surface area (Å²) >= 11 is 0. The first-order valence-electron chi connectivity index (χ1n) is 5.88. The monoisotopic (exact) mass is 233 g/mol. The van der Waals surface area contributed by atoms with Gasteiger partial charge in [0, 0.05) is 11.0 Å². The Hall–Kier alpha value is -1.35. The van der Waals surface area contributed by atoms with E-state index in [2.05, 4.69) is 18.6 Å². The normalized spacial score (nSPS) is 17.6. The zero-order valence-electron chi connectivity index (χ0n) is 10.6. The predicted molar refractivity (Wildman–Crippen MR) is 67.0 cm³/mol. The lowest BCUT2D eigenvalue weighted by molar-refractivity contribution is 0.0600. The van der Waals surface area contributed by atoms with E-state index in [0.717, 1.165) is 12.8 Å². The van der Waals surface area contributed by atoms with E-state index in [1.807, 2.05) is 24.3 Å². The summed E-state index contributed by atoms with van der Waals surface area (Å²) in [5, 5.41) is 0. The molecule has 0 heterocycles. The van der Waals surface area contributed by atoms with Crippen molar-refractivity contribution in [3.8, 4) is 0 Å². The Labute approximate surface area is 102 Å². The van der Waals surface area contributed by atoms with E-state index in [0.29, 0.717) is 5.56 Å². The standard InChI is InChI=1S/C14H19NO2/c1-13(2,15)14(8-9-14)11-6-4-10(5-7-11)12(16)17-3/h4-7H,8-9,15H2,1-3H3. The Balaban J connectivity index is 2.28. The summed E-state index contributed by atoms with van der Waals surface area (Å²) in [6.07, 6.45) is 2.24. The third kappa shape index (κ3) is 1.95. The second-order valence-corrected chi connectivity index (χ2v) is 5.37. The molecule has 0 aromatic heterocycles. The molecular formula is C14H19NO2. The van der Waals surface area contributed by atoms with Gasteiger partial charge < -0.3 is 10.5 Å². The number of benzene rings is 1. The Bertz CT molecular complexity index is 425. The second kappa shape index (κ2) is 3.84. The van der Waals surface area contributed by atoms with E-state index in [1.165, 1.54) is 12.7 Å². The number of nitrogens with two attached hydrogens (primary N) is 1. The summed E-state index contributed by atoms with van der Waals surface area (Å²) in [5.74, 6) is -0.298. The maximum atomic E-state index is 11.3. The average molecular weight is 233 g/mol. The van der Waals surface area contributed by atoms with Crippen molar-refractivity contribution in [2.75, 3.05) is 7.11 Å². The molecule has 2 N–H and O–H groups in total. The van der Waals surface area contributed by atoms with Crippen LogP contribution < -0.4 is 5.73 Å². The Morgan fingerprint density at radius 3 is 2.18 bits per heavy atom. The van der Waals surface area contributed by atoms with Crippen LogP contribution in [0.2, 0.25) is 0 Å². The van der Waals surface area contributed by atoms with E-state index in [9.17, 15) is 4.79 Å². The largest absolute Gasteiger partial charge is 0.465 e. The lowest BCUT2D eigenvalue weighted by Crippen LogP contribution is -2.45. The number of ether oxygens (including phenoxy) is 1. The number of rotatable bonds is 3. The number of methoxy groups -OCH3 is 1. The highest BCUT2D eigenvalue weighted by molar-refractivity contribution is 5.89. The molecule has 1 aliphatic rings. The zero-order chi connectivity index (χ0) is 12.7. The molecule has 3 nitrogen and oxygen atoms in total. The van der Waals surface area contributed by atoms with Gasteiger partial charge in [-0.3, -0.25) is 0 Å². The van der Waals surface area contributed by atoms with Crippen molar-refractivity contribution in [3.63, 3.8) is 0 Å². The van der Waals surface area contributed by atoms with Gasteiger partial charge in [0.25, 0.3) is 0 Å². The first-order valence-corrected chi connectivity index (χ1v) is 5.88. The summed E-state index contributed by atoms with van der Waals surface area (Å²) < 4.78 is 4.68. The highest BCUT2D eigenvalue weighted by Gasteiger charge is 2.53. The maximum Gasteiger partial charge on any atom is 0.337 e. The molecule has 1 aromatic rings. The van der Waals surface area contributed by atoms with Gasteiger partial charge in [-0.15, -0.1) is 0 Å². The lowest BCUT2D eigenvalue weighted by Gasteiger charge is -2.31. The molecule has 0 radical (unpaired) electrons. The number of esters is 1. The second-order valence-electron chi connectivity index (χ2n) is 5.37. The molecule has 92 valence electrons. The molecule has 1 fully saturated rings. The molecule has 0 spiro atoms. The van der Waals surface area contributed by atoms with Crippen molar-refractivity contribution >= 4 is 5.97 Å². The van der Waals surface area contributed by atoms with Crippen molar-refractivity contribution in [1.29, 1.82) is 0 Å². The topological polar surface area (TPSA) is 52.3 Å². The fourth-order valence-electron chi connectivity index (χ4n) is 2.47. The summed E-state index contributed by atoms with van der Waals surface area (Å²) in [5.41, 5.74) is 7.91. The molecule has 0 unspecified atom stereocenters. The van der Waals surface area contributed by atoms with E-state index >= 15 is 0 Å².